The number of halogens is 2. The van der Waals surface area contributed by atoms with Crippen molar-refractivity contribution in [2.45, 2.75) is 18.6 Å². The molecule has 1 aromatic rings. The Bertz CT molecular complexity index is 607. The minimum absolute atomic E-state index is 0.0341. The summed E-state index contributed by atoms with van der Waals surface area (Å²) in [7, 11) is 0. The van der Waals surface area contributed by atoms with Crippen molar-refractivity contribution in [1.82, 2.24) is 9.80 Å². The van der Waals surface area contributed by atoms with E-state index >= 15 is 0 Å². The number of rotatable bonds is 2. The molecule has 7 heteroatoms. The molecule has 0 unspecified atom stereocenters. The van der Waals surface area contributed by atoms with E-state index in [2.05, 4.69) is 0 Å². The van der Waals surface area contributed by atoms with Crippen LogP contribution in [0.2, 0.25) is 5.02 Å². The van der Waals surface area contributed by atoms with Crippen LogP contribution >= 0.6 is 11.6 Å². The average Bonchev–Trinajstić information content (AvgIpc) is 2.96. The number of ether oxygens (including phenoxy) is 1. The lowest BCUT2D eigenvalue weighted by Gasteiger charge is -2.32. The summed E-state index contributed by atoms with van der Waals surface area (Å²) >= 11 is 6.06. The van der Waals surface area contributed by atoms with E-state index in [4.69, 9.17) is 16.3 Å². The molecule has 2 aliphatic heterocycles. The van der Waals surface area contributed by atoms with Gasteiger partial charge in [0.15, 0.2) is 0 Å². The van der Waals surface area contributed by atoms with Gasteiger partial charge in [-0.15, -0.1) is 0 Å². The number of alkyl halides is 1. The predicted molar refractivity (Wildman–Crippen MR) is 83.2 cm³/mol. The van der Waals surface area contributed by atoms with Crippen molar-refractivity contribution >= 4 is 23.4 Å². The molecule has 2 fully saturated rings. The van der Waals surface area contributed by atoms with Crippen LogP contribution < -0.4 is 0 Å². The van der Waals surface area contributed by atoms with Crippen molar-refractivity contribution in [3.8, 4) is 0 Å². The van der Waals surface area contributed by atoms with Crippen LogP contribution in [0.5, 0.6) is 0 Å². The standard InChI is InChI=1S/C16H18ClFN2O3/c17-13-4-2-1-3-12(13)15(21)20-10-11(18)9-14(20)16(22)19-5-7-23-8-6-19/h1-4,11,14H,5-10H2/t11-,14-/m0/s1. The summed E-state index contributed by atoms with van der Waals surface area (Å²) in [4.78, 5) is 28.3. The predicted octanol–water partition coefficient (Wildman–Crippen LogP) is 1.75. The fourth-order valence-corrected chi connectivity index (χ4v) is 3.24. The number of nitrogens with zero attached hydrogens (tertiary/aromatic N) is 2. The van der Waals surface area contributed by atoms with Gasteiger partial charge in [0.2, 0.25) is 5.91 Å². The first-order valence-corrected chi connectivity index (χ1v) is 8.02. The van der Waals surface area contributed by atoms with E-state index < -0.39 is 18.1 Å². The second-order valence-corrected chi connectivity index (χ2v) is 6.13. The molecular formula is C16H18ClFN2O3. The lowest BCUT2D eigenvalue weighted by atomic mass is 10.1. The second kappa shape index (κ2) is 6.84. The van der Waals surface area contributed by atoms with E-state index in [9.17, 15) is 14.0 Å². The zero-order valence-electron chi connectivity index (χ0n) is 12.6. The highest BCUT2D eigenvalue weighted by Crippen LogP contribution is 2.27. The van der Waals surface area contributed by atoms with Gasteiger partial charge < -0.3 is 14.5 Å². The van der Waals surface area contributed by atoms with Gasteiger partial charge in [0, 0.05) is 19.5 Å². The number of carbonyl (C=O) groups is 2. The Morgan fingerprint density at radius 2 is 1.91 bits per heavy atom. The third kappa shape index (κ3) is 3.33. The molecule has 124 valence electrons. The van der Waals surface area contributed by atoms with Crippen LogP contribution in [0.15, 0.2) is 24.3 Å². The Labute approximate surface area is 138 Å². The van der Waals surface area contributed by atoms with Gasteiger partial charge in [-0.1, -0.05) is 23.7 Å². The third-order valence-electron chi connectivity index (χ3n) is 4.22. The molecule has 23 heavy (non-hydrogen) atoms. The zero-order chi connectivity index (χ0) is 16.4. The maximum absolute atomic E-state index is 13.9. The van der Waals surface area contributed by atoms with Crippen LogP contribution in [0.1, 0.15) is 16.8 Å². The van der Waals surface area contributed by atoms with Crippen molar-refractivity contribution in [3.05, 3.63) is 34.9 Å². The zero-order valence-corrected chi connectivity index (χ0v) is 13.3. The molecule has 2 atom stereocenters. The van der Waals surface area contributed by atoms with Crippen molar-refractivity contribution in [2.24, 2.45) is 0 Å². The van der Waals surface area contributed by atoms with E-state index in [0.717, 1.165) is 0 Å². The van der Waals surface area contributed by atoms with Crippen molar-refractivity contribution in [3.63, 3.8) is 0 Å². The largest absolute Gasteiger partial charge is 0.378 e. The van der Waals surface area contributed by atoms with Crippen LogP contribution in [0.3, 0.4) is 0 Å². The molecule has 0 aromatic heterocycles. The first-order chi connectivity index (χ1) is 11.1. The maximum Gasteiger partial charge on any atom is 0.256 e. The Hall–Kier alpha value is -1.66. The highest BCUT2D eigenvalue weighted by Gasteiger charge is 2.42. The van der Waals surface area contributed by atoms with Crippen molar-refractivity contribution in [1.29, 1.82) is 0 Å². The minimum atomic E-state index is -1.20. The van der Waals surface area contributed by atoms with E-state index in [1.165, 1.54) is 4.90 Å². The van der Waals surface area contributed by atoms with Gasteiger partial charge in [-0.25, -0.2) is 4.39 Å². The summed E-state index contributed by atoms with van der Waals surface area (Å²) in [6.45, 7) is 1.80. The minimum Gasteiger partial charge on any atom is -0.378 e. The molecule has 2 amide bonds. The highest BCUT2D eigenvalue weighted by atomic mass is 35.5. The Morgan fingerprint density at radius 1 is 1.22 bits per heavy atom. The summed E-state index contributed by atoms with van der Waals surface area (Å²) in [6.07, 6.45) is -1.16. The molecule has 0 N–H and O–H groups in total. The molecule has 0 aliphatic carbocycles. The molecule has 3 rings (SSSR count). The summed E-state index contributed by atoms with van der Waals surface area (Å²) < 4.78 is 19.1. The molecule has 0 saturated carbocycles. The van der Waals surface area contributed by atoms with Crippen LogP contribution in [-0.4, -0.2) is 66.7 Å². The normalized spacial score (nSPS) is 24.8. The number of morpholine rings is 1. The van der Waals surface area contributed by atoms with Gasteiger partial charge >= 0.3 is 0 Å². The monoisotopic (exact) mass is 340 g/mol. The van der Waals surface area contributed by atoms with Crippen molar-refractivity contribution < 1.29 is 18.7 Å². The number of amides is 2. The summed E-state index contributed by atoms with van der Waals surface area (Å²) in [6, 6.07) is 5.84. The molecule has 1 aromatic carbocycles. The lowest BCUT2D eigenvalue weighted by Crippen LogP contribution is -2.51. The molecule has 2 saturated heterocycles. The fourth-order valence-electron chi connectivity index (χ4n) is 3.03. The summed E-state index contributed by atoms with van der Waals surface area (Å²) in [5.74, 6) is -0.615. The van der Waals surface area contributed by atoms with E-state index in [0.29, 0.717) is 36.9 Å². The highest BCUT2D eigenvalue weighted by molar-refractivity contribution is 6.33. The molecule has 0 radical (unpaired) electrons. The van der Waals surface area contributed by atoms with Gasteiger partial charge in [0.05, 0.1) is 30.3 Å². The van der Waals surface area contributed by atoms with E-state index in [1.807, 2.05) is 0 Å². The topological polar surface area (TPSA) is 49.9 Å². The number of hydrogen-bond donors (Lipinski definition) is 0. The lowest BCUT2D eigenvalue weighted by molar-refractivity contribution is -0.139. The Kier molecular flexibility index (Phi) is 4.82. The number of benzene rings is 1. The number of hydrogen-bond acceptors (Lipinski definition) is 3. The van der Waals surface area contributed by atoms with E-state index in [-0.39, 0.29) is 18.9 Å². The van der Waals surface area contributed by atoms with Crippen LogP contribution in [0.4, 0.5) is 4.39 Å². The molecule has 0 spiro atoms. The van der Waals surface area contributed by atoms with Gasteiger partial charge in [0.1, 0.15) is 12.2 Å². The maximum atomic E-state index is 13.9. The van der Waals surface area contributed by atoms with Gasteiger partial charge in [0.25, 0.3) is 5.91 Å². The summed E-state index contributed by atoms with van der Waals surface area (Å²) in [5, 5.41) is 0.303. The summed E-state index contributed by atoms with van der Waals surface area (Å²) in [5.41, 5.74) is 0.294. The second-order valence-electron chi connectivity index (χ2n) is 5.72. The van der Waals surface area contributed by atoms with Gasteiger partial charge in [-0.3, -0.25) is 9.59 Å². The van der Waals surface area contributed by atoms with Crippen LogP contribution in [0.25, 0.3) is 0 Å². The average molecular weight is 341 g/mol. The molecular weight excluding hydrogens is 323 g/mol. The Balaban J connectivity index is 1.80. The number of likely N-dealkylation sites (tertiary alicyclic amines) is 1. The van der Waals surface area contributed by atoms with Crippen LogP contribution in [-0.2, 0) is 9.53 Å². The SMILES string of the molecule is O=C([C@@H]1C[C@H](F)CN1C(=O)c1ccccc1Cl)N1CCOCC1. The first kappa shape index (κ1) is 16.2. The molecule has 2 aliphatic rings. The van der Waals surface area contributed by atoms with Gasteiger partial charge in [-0.05, 0) is 12.1 Å². The fraction of sp³-hybridized carbons (Fsp3) is 0.500. The van der Waals surface area contributed by atoms with Gasteiger partial charge in [-0.2, -0.15) is 0 Å². The molecule has 5 nitrogen and oxygen atoms in total. The van der Waals surface area contributed by atoms with Crippen LogP contribution in [0, 0.1) is 0 Å². The first-order valence-electron chi connectivity index (χ1n) is 7.64. The smallest absolute Gasteiger partial charge is 0.256 e. The Morgan fingerprint density at radius 3 is 2.61 bits per heavy atom. The third-order valence-corrected chi connectivity index (χ3v) is 4.55. The quantitative estimate of drug-likeness (QED) is 0.824. The molecule has 2 heterocycles. The number of carbonyl (C=O) groups excluding carboxylic acids is 2. The van der Waals surface area contributed by atoms with E-state index in [1.54, 1.807) is 29.2 Å². The molecule has 0 bridgehead atoms. The van der Waals surface area contributed by atoms with Crippen molar-refractivity contribution in [2.75, 3.05) is 32.8 Å².